The van der Waals surface area contributed by atoms with Gasteiger partial charge in [0.2, 0.25) is 5.91 Å². The van der Waals surface area contributed by atoms with E-state index >= 15 is 0 Å². The van der Waals surface area contributed by atoms with Crippen LogP contribution in [0.15, 0.2) is 0 Å². The molecule has 1 aliphatic rings. The fraction of sp³-hybridized carbons (Fsp3) is 0.923. The summed E-state index contributed by atoms with van der Waals surface area (Å²) in [7, 11) is 3.63. The largest absolute Gasteiger partial charge is 0.394 e. The Balaban J connectivity index is 2.11. The van der Waals surface area contributed by atoms with Crippen LogP contribution in [-0.4, -0.2) is 74.4 Å². The van der Waals surface area contributed by atoms with Crippen LogP contribution in [0.1, 0.15) is 19.3 Å². The monoisotopic (exact) mass is 258 g/mol. The van der Waals surface area contributed by atoms with E-state index in [0.29, 0.717) is 25.6 Å². The molecule has 0 atom stereocenters. The zero-order valence-electron chi connectivity index (χ0n) is 11.6. The second-order valence-electron chi connectivity index (χ2n) is 5.11. The second-order valence-corrected chi connectivity index (χ2v) is 5.11. The zero-order chi connectivity index (χ0) is 13.4. The molecule has 0 radical (unpaired) electrons. The Kier molecular flexibility index (Phi) is 7.23. The highest BCUT2D eigenvalue weighted by Gasteiger charge is 2.21. The second kappa shape index (κ2) is 8.45. The molecule has 106 valence electrons. The maximum absolute atomic E-state index is 11.6. The predicted octanol–water partition coefficient (Wildman–Crippen LogP) is 0.186. The number of aliphatic hydroxyl groups excluding tert-OH is 1. The van der Waals surface area contributed by atoms with Gasteiger partial charge in [0.15, 0.2) is 0 Å². The molecule has 5 nitrogen and oxygen atoms in total. The lowest BCUT2D eigenvalue weighted by Gasteiger charge is -2.31. The Bertz CT molecular complexity index is 238. The van der Waals surface area contributed by atoms with Crippen molar-refractivity contribution in [2.45, 2.75) is 19.3 Å². The molecule has 18 heavy (non-hydrogen) atoms. The van der Waals surface area contributed by atoms with E-state index in [0.717, 1.165) is 32.5 Å². The number of rotatable bonds is 7. The molecular formula is C13H26N2O3. The first kappa shape index (κ1) is 15.4. The van der Waals surface area contributed by atoms with Crippen molar-refractivity contribution < 1.29 is 14.6 Å². The number of likely N-dealkylation sites (tertiary alicyclic amines) is 1. The summed E-state index contributed by atoms with van der Waals surface area (Å²) in [5, 5.41) is 8.59. The minimum absolute atomic E-state index is 0.0920. The smallest absolute Gasteiger partial charge is 0.222 e. The zero-order valence-corrected chi connectivity index (χ0v) is 11.6. The van der Waals surface area contributed by atoms with Crippen LogP contribution in [0.25, 0.3) is 0 Å². The summed E-state index contributed by atoms with van der Waals surface area (Å²) in [4.78, 5) is 15.6. The van der Waals surface area contributed by atoms with Gasteiger partial charge in [-0.2, -0.15) is 0 Å². The summed E-state index contributed by atoms with van der Waals surface area (Å²) >= 11 is 0. The molecule has 0 aromatic rings. The first-order valence-corrected chi connectivity index (χ1v) is 6.74. The van der Waals surface area contributed by atoms with Gasteiger partial charge in [0.25, 0.3) is 0 Å². The van der Waals surface area contributed by atoms with E-state index in [1.807, 2.05) is 14.1 Å². The van der Waals surface area contributed by atoms with E-state index in [4.69, 9.17) is 9.84 Å². The van der Waals surface area contributed by atoms with Gasteiger partial charge in [-0.3, -0.25) is 4.79 Å². The van der Waals surface area contributed by atoms with Gasteiger partial charge in [0, 0.05) is 27.1 Å². The van der Waals surface area contributed by atoms with Crippen molar-refractivity contribution in [3.8, 4) is 0 Å². The SMILES string of the molecule is CN(C)C(=O)CC1CCN(CCOCCO)CC1. The lowest BCUT2D eigenvalue weighted by Crippen LogP contribution is -2.37. The molecule has 1 N–H and O–H groups in total. The van der Waals surface area contributed by atoms with Crippen molar-refractivity contribution in [3.05, 3.63) is 0 Å². The standard InChI is InChI=1S/C13H26N2O3/c1-14(2)13(17)11-12-3-5-15(6-4-12)7-9-18-10-8-16/h12,16H,3-11H2,1-2H3. The van der Waals surface area contributed by atoms with E-state index in [1.165, 1.54) is 0 Å². The summed E-state index contributed by atoms with van der Waals surface area (Å²) < 4.78 is 5.26. The number of hydrogen-bond acceptors (Lipinski definition) is 4. The van der Waals surface area contributed by atoms with Gasteiger partial charge in [-0.15, -0.1) is 0 Å². The van der Waals surface area contributed by atoms with Crippen molar-refractivity contribution in [3.63, 3.8) is 0 Å². The summed E-state index contributed by atoms with van der Waals surface area (Å²) in [6.45, 7) is 4.22. The molecule has 0 aromatic carbocycles. The predicted molar refractivity (Wildman–Crippen MR) is 70.4 cm³/mol. The molecule has 1 saturated heterocycles. The fourth-order valence-corrected chi connectivity index (χ4v) is 2.20. The van der Waals surface area contributed by atoms with Crippen LogP contribution in [0.4, 0.5) is 0 Å². The lowest BCUT2D eigenvalue weighted by atomic mass is 9.93. The van der Waals surface area contributed by atoms with Crippen LogP contribution < -0.4 is 0 Å². The number of carbonyl (C=O) groups is 1. The maximum atomic E-state index is 11.6. The minimum atomic E-state index is 0.0920. The van der Waals surface area contributed by atoms with Crippen molar-refractivity contribution in [1.29, 1.82) is 0 Å². The number of aliphatic hydroxyl groups is 1. The van der Waals surface area contributed by atoms with Crippen LogP contribution in [0, 0.1) is 5.92 Å². The lowest BCUT2D eigenvalue weighted by molar-refractivity contribution is -0.130. The highest BCUT2D eigenvalue weighted by Crippen LogP contribution is 2.20. The molecule has 1 heterocycles. The van der Waals surface area contributed by atoms with E-state index in [-0.39, 0.29) is 12.5 Å². The van der Waals surface area contributed by atoms with E-state index < -0.39 is 0 Å². The van der Waals surface area contributed by atoms with E-state index in [9.17, 15) is 4.79 Å². The van der Waals surface area contributed by atoms with Crippen molar-refractivity contribution in [2.24, 2.45) is 5.92 Å². The average Bonchev–Trinajstić information content (AvgIpc) is 2.36. The Morgan fingerprint density at radius 1 is 1.33 bits per heavy atom. The van der Waals surface area contributed by atoms with Crippen LogP contribution in [-0.2, 0) is 9.53 Å². The fourth-order valence-electron chi connectivity index (χ4n) is 2.20. The van der Waals surface area contributed by atoms with E-state index in [1.54, 1.807) is 4.90 Å². The van der Waals surface area contributed by atoms with Crippen molar-refractivity contribution in [1.82, 2.24) is 9.80 Å². The Morgan fingerprint density at radius 2 is 2.00 bits per heavy atom. The number of ether oxygens (including phenoxy) is 1. The molecule has 0 unspecified atom stereocenters. The molecule has 0 bridgehead atoms. The Morgan fingerprint density at radius 3 is 2.56 bits per heavy atom. The number of carbonyl (C=O) groups excluding carboxylic acids is 1. The topological polar surface area (TPSA) is 53.0 Å². The molecule has 1 rings (SSSR count). The molecule has 0 saturated carbocycles. The van der Waals surface area contributed by atoms with Gasteiger partial charge in [0.1, 0.15) is 0 Å². The average molecular weight is 258 g/mol. The molecule has 1 fully saturated rings. The minimum Gasteiger partial charge on any atom is -0.394 e. The highest BCUT2D eigenvalue weighted by atomic mass is 16.5. The van der Waals surface area contributed by atoms with Gasteiger partial charge in [0.05, 0.1) is 19.8 Å². The highest BCUT2D eigenvalue weighted by molar-refractivity contribution is 5.75. The van der Waals surface area contributed by atoms with E-state index in [2.05, 4.69) is 4.90 Å². The summed E-state index contributed by atoms with van der Waals surface area (Å²) in [5.41, 5.74) is 0. The third-order valence-corrected chi connectivity index (χ3v) is 3.46. The van der Waals surface area contributed by atoms with Gasteiger partial charge < -0.3 is 19.6 Å². The molecule has 0 spiro atoms. The van der Waals surface area contributed by atoms with Gasteiger partial charge in [-0.25, -0.2) is 0 Å². The maximum Gasteiger partial charge on any atom is 0.222 e. The van der Waals surface area contributed by atoms with Crippen LogP contribution >= 0.6 is 0 Å². The first-order valence-electron chi connectivity index (χ1n) is 6.74. The van der Waals surface area contributed by atoms with Gasteiger partial charge in [-0.05, 0) is 31.8 Å². The molecule has 1 amide bonds. The third-order valence-electron chi connectivity index (χ3n) is 3.46. The van der Waals surface area contributed by atoms with Crippen LogP contribution in [0.3, 0.4) is 0 Å². The Hall–Kier alpha value is -0.650. The molecule has 5 heteroatoms. The van der Waals surface area contributed by atoms with Crippen LogP contribution in [0.2, 0.25) is 0 Å². The van der Waals surface area contributed by atoms with Crippen molar-refractivity contribution in [2.75, 3.05) is 53.6 Å². The van der Waals surface area contributed by atoms with Gasteiger partial charge >= 0.3 is 0 Å². The number of nitrogens with zero attached hydrogens (tertiary/aromatic N) is 2. The van der Waals surface area contributed by atoms with Crippen LogP contribution in [0.5, 0.6) is 0 Å². The summed E-state index contributed by atoms with van der Waals surface area (Å²) in [6.07, 6.45) is 2.88. The molecular weight excluding hydrogens is 232 g/mol. The number of hydrogen-bond donors (Lipinski definition) is 1. The summed E-state index contributed by atoms with van der Waals surface area (Å²) in [6, 6.07) is 0. The third kappa shape index (κ3) is 5.80. The first-order chi connectivity index (χ1) is 8.63. The normalized spacial score (nSPS) is 17.9. The quantitative estimate of drug-likeness (QED) is 0.662. The van der Waals surface area contributed by atoms with Crippen molar-refractivity contribution >= 4 is 5.91 Å². The molecule has 0 aromatic heterocycles. The van der Waals surface area contributed by atoms with Gasteiger partial charge in [-0.1, -0.05) is 0 Å². The number of amides is 1. The molecule has 1 aliphatic heterocycles. The molecule has 0 aliphatic carbocycles. The number of piperidine rings is 1. The Labute approximate surface area is 110 Å². The summed E-state index contributed by atoms with van der Waals surface area (Å²) in [5.74, 6) is 0.772.